The number of nitrogens with zero attached hydrogens (tertiary/aromatic N) is 2. The van der Waals surface area contributed by atoms with Crippen molar-refractivity contribution in [3.05, 3.63) is 89.1 Å². The molecule has 3 aromatic heterocycles. The molecule has 0 fully saturated rings. The van der Waals surface area contributed by atoms with Crippen molar-refractivity contribution in [3.8, 4) is 22.8 Å². The van der Waals surface area contributed by atoms with Crippen LogP contribution in [0.1, 0.15) is 33.1 Å². The summed E-state index contributed by atoms with van der Waals surface area (Å²) in [4.78, 5) is 31.6. The number of hydrogen-bond acceptors (Lipinski definition) is 7. The molecule has 0 saturated carbocycles. The second kappa shape index (κ2) is 10.1. The van der Waals surface area contributed by atoms with Gasteiger partial charge in [-0.2, -0.15) is 18.3 Å². The van der Waals surface area contributed by atoms with Crippen LogP contribution < -0.4 is 10.6 Å². The van der Waals surface area contributed by atoms with Crippen molar-refractivity contribution in [1.29, 1.82) is 0 Å². The lowest BCUT2D eigenvalue weighted by atomic mass is 10.1. The van der Waals surface area contributed by atoms with E-state index in [9.17, 15) is 22.8 Å². The standard InChI is InChI=1S/C29H21F3N6O4/c1-14-8-22(24(42-14)29(30,31)32)26-36-25(37-38-26)15-4-3-5-17(9-15)34-18-6-7-20-21(27(39)35-23(20)12-18)11-19-10-16(13-33-19)28(40)41-2/h3-13,33-34H,1-2H3,(H,35,39)(H,36,37,38). The number of halogens is 3. The highest BCUT2D eigenvalue weighted by Gasteiger charge is 2.39. The zero-order chi connectivity index (χ0) is 29.6. The van der Waals surface area contributed by atoms with Crippen molar-refractivity contribution in [2.24, 2.45) is 0 Å². The fourth-order valence-corrected chi connectivity index (χ4v) is 4.62. The van der Waals surface area contributed by atoms with Gasteiger partial charge in [-0.3, -0.25) is 9.89 Å². The molecule has 4 heterocycles. The summed E-state index contributed by atoms with van der Waals surface area (Å²) in [5.41, 5.74) is 4.31. The SMILES string of the molecule is COC(=O)c1c[nH]c(C=C2C(=O)Nc3cc(Nc4cccc(-c5n[nH]c(-c6cc(C)oc6C(F)(F)F)n5)c4)ccc32)c1. The van der Waals surface area contributed by atoms with Crippen LogP contribution in [-0.2, 0) is 15.7 Å². The van der Waals surface area contributed by atoms with Gasteiger partial charge in [0, 0.05) is 34.4 Å². The minimum absolute atomic E-state index is 0.0633. The fraction of sp³-hybridized carbons (Fsp3) is 0.103. The van der Waals surface area contributed by atoms with Crippen LogP contribution in [0, 0.1) is 6.92 Å². The Bertz CT molecular complexity index is 1880. The van der Waals surface area contributed by atoms with Crippen LogP contribution in [0.2, 0.25) is 0 Å². The van der Waals surface area contributed by atoms with Crippen LogP contribution in [0.25, 0.3) is 34.4 Å². The third-order valence-electron chi connectivity index (χ3n) is 6.49. The third-order valence-corrected chi connectivity index (χ3v) is 6.49. The molecule has 1 aliphatic rings. The number of carbonyl (C=O) groups is 2. The minimum atomic E-state index is -4.68. The number of furan rings is 1. The number of aromatic amines is 2. The molecule has 1 amide bonds. The molecule has 42 heavy (non-hydrogen) atoms. The maximum absolute atomic E-state index is 13.4. The molecule has 0 spiro atoms. The Kier molecular flexibility index (Phi) is 6.41. The molecule has 212 valence electrons. The van der Waals surface area contributed by atoms with Gasteiger partial charge in [-0.25, -0.2) is 9.78 Å². The predicted molar refractivity (Wildman–Crippen MR) is 148 cm³/mol. The lowest BCUT2D eigenvalue weighted by molar-refractivity contribution is -0.152. The van der Waals surface area contributed by atoms with Gasteiger partial charge in [-0.15, -0.1) is 0 Å². The Hall–Kier alpha value is -5.59. The molecule has 5 aromatic rings. The number of amides is 1. The highest BCUT2D eigenvalue weighted by Crippen LogP contribution is 2.39. The van der Waals surface area contributed by atoms with E-state index in [0.717, 1.165) is 0 Å². The number of carbonyl (C=O) groups excluding carboxylic acids is 2. The van der Waals surface area contributed by atoms with E-state index in [1.807, 2.05) is 0 Å². The third kappa shape index (κ3) is 5.03. The maximum Gasteiger partial charge on any atom is 0.450 e. The summed E-state index contributed by atoms with van der Waals surface area (Å²) in [6, 6.07) is 15.3. The molecule has 0 radical (unpaired) electrons. The Morgan fingerprint density at radius 3 is 2.67 bits per heavy atom. The number of methoxy groups -OCH3 is 1. The Morgan fingerprint density at radius 1 is 1.07 bits per heavy atom. The lowest BCUT2D eigenvalue weighted by Crippen LogP contribution is -2.05. The van der Waals surface area contributed by atoms with Crippen molar-refractivity contribution in [1.82, 2.24) is 20.2 Å². The number of ether oxygens (including phenoxy) is 1. The van der Waals surface area contributed by atoms with Crippen molar-refractivity contribution in [3.63, 3.8) is 0 Å². The molecule has 2 aromatic carbocycles. The van der Waals surface area contributed by atoms with E-state index >= 15 is 0 Å². The Morgan fingerprint density at radius 2 is 1.88 bits per heavy atom. The van der Waals surface area contributed by atoms with Crippen molar-refractivity contribution < 1.29 is 31.9 Å². The highest BCUT2D eigenvalue weighted by atomic mass is 19.4. The van der Waals surface area contributed by atoms with E-state index in [4.69, 9.17) is 9.15 Å². The number of hydrogen-bond donors (Lipinski definition) is 4. The molecule has 6 rings (SSSR count). The molecule has 0 unspecified atom stereocenters. The van der Waals surface area contributed by atoms with Crippen molar-refractivity contribution in [2.45, 2.75) is 13.1 Å². The van der Waals surface area contributed by atoms with Crippen molar-refractivity contribution >= 4 is 40.6 Å². The second-order valence-electron chi connectivity index (χ2n) is 9.42. The van der Waals surface area contributed by atoms with Crippen LogP contribution in [-0.4, -0.2) is 39.2 Å². The zero-order valence-corrected chi connectivity index (χ0v) is 22.0. The summed E-state index contributed by atoms with van der Waals surface area (Å²) in [5.74, 6) is -1.67. The van der Waals surface area contributed by atoms with Gasteiger partial charge in [0.05, 0.1) is 29.5 Å². The normalized spacial score (nSPS) is 13.7. The van der Waals surface area contributed by atoms with E-state index in [0.29, 0.717) is 45.0 Å². The number of H-pyrrole nitrogens is 2. The summed E-state index contributed by atoms with van der Waals surface area (Å²) >= 11 is 0. The first kappa shape index (κ1) is 26.6. The molecular weight excluding hydrogens is 553 g/mol. The minimum Gasteiger partial charge on any atom is -0.465 e. The summed E-state index contributed by atoms with van der Waals surface area (Å²) in [7, 11) is 1.29. The van der Waals surface area contributed by atoms with Gasteiger partial charge >= 0.3 is 12.1 Å². The number of rotatable bonds is 6. The Labute approximate surface area is 235 Å². The van der Waals surface area contributed by atoms with E-state index < -0.39 is 17.9 Å². The molecule has 0 saturated heterocycles. The topological polar surface area (TPSA) is 138 Å². The van der Waals surface area contributed by atoms with Crippen LogP contribution in [0.5, 0.6) is 0 Å². The van der Waals surface area contributed by atoms with Gasteiger partial charge < -0.3 is 24.8 Å². The average Bonchev–Trinajstić information content (AvgIpc) is 3.75. The van der Waals surface area contributed by atoms with Gasteiger partial charge in [0.15, 0.2) is 11.6 Å². The van der Waals surface area contributed by atoms with E-state index in [-0.39, 0.29) is 28.9 Å². The van der Waals surface area contributed by atoms with Crippen molar-refractivity contribution in [2.75, 3.05) is 17.7 Å². The van der Waals surface area contributed by atoms with Gasteiger partial charge in [-0.05, 0) is 49.4 Å². The number of aryl methyl sites for hydroxylation is 1. The lowest BCUT2D eigenvalue weighted by Gasteiger charge is -2.09. The number of alkyl halides is 3. The molecule has 1 aliphatic heterocycles. The quantitative estimate of drug-likeness (QED) is 0.136. The first-order valence-electron chi connectivity index (χ1n) is 12.5. The van der Waals surface area contributed by atoms with E-state index in [2.05, 4.69) is 30.8 Å². The van der Waals surface area contributed by atoms with Gasteiger partial charge in [0.2, 0.25) is 5.76 Å². The van der Waals surface area contributed by atoms with E-state index in [1.165, 1.54) is 26.3 Å². The van der Waals surface area contributed by atoms with Gasteiger partial charge in [0.1, 0.15) is 5.76 Å². The summed E-state index contributed by atoms with van der Waals surface area (Å²) in [6.45, 7) is 1.43. The zero-order valence-electron chi connectivity index (χ0n) is 22.0. The number of fused-ring (bicyclic) bond motifs is 1. The summed E-state index contributed by atoms with van der Waals surface area (Å²) in [6.07, 6.45) is -1.52. The average molecular weight is 575 g/mol. The number of anilines is 3. The number of esters is 1. The monoisotopic (exact) mass is 574 g/mol. The largest absolute Gasteiger partial charge is 0.465 e. The molecule has 0 bridgehead atoms. The molecule has 4 N–H and O–H groups in total. The van der Waals surface area contributed by atoms with Crippen LogP contribution in [0.3, 0.4) is 0 Å². The number of benzene rings is 2. The van der Waals surface area contributed by atoms with Gasteiger partial charge in [-0.1, -0.05) is 18.2 Å². The van der Waals surface area contributed by atoms with Crippen LogP contribution >= 0.6 is 0 Å². The smallest absolute Gasteiger partial charge is 0.450 e. The highest BCUT2D eigenvalue weighted by molar-refractivity contribution is 6.35. The summed E-state index contributed by atoms with van der Waals surface area (Å²) < 4.78 is 49.7. The molecular formula is C29H21F3N6O4. The van der Waals surface area contributed by atoms with Gasteiger partial charge in [0.25, 0.3) is 5.91 Å². The first-order chi connectivity index (χ1) is 20.1. The summed E-state index contributed by atoms with van der Waals surface area (Å²) in [5, 5.41) is 12.8. The first-order valence-corrected chi connectivity index (χ1v) is 12.5. The molecule has 13 heteroatoms. The van der Waals surface area contributed by atoms with Crippen LogP contribution in [0.15, 0.2) is 65.2 Å². The van der Waals surface area contributed by atoms with E-state index in [1.54, 1.807) is 54.6 Å². The number of nitrogens with one attached hydrogen (secondary N) is 4. The molecule has 0 aliphatic carbocycles. The molecule has 0 atom stereocenters. The predicted octanol–water partition coefficient (Wildman–Crippen LogP) is 6.41. The molecule has 10 nitrogen and oxygen atoms in total. The number of aromatic nitrogens is 4. The van der Waals surface area contributed by atoms with Crippen LogP contribution in [0.4, 0.5) is 30.2 Å². The maximum atomic E-state index is 13.4. The second-order valence-corrected chi connectivity index (χ2v) is 9.42. The Balaban J connectivity index is 1.22. The fourth-order valence-electron chi connectivity index (χ4n) is 4.62.